The van der Waals surface area contributed by atoms with Gasteiger partial charge in [0.25, 0.3) is 11.7 Å². The fourth-order valence-electron chi connectivity index (χ4n) is 3.15. The minimum absolute atomic E-state index is 0.120. The fourth-order valence-corrected chi connectivity index (χ4v) is 3.15. The van der Waals surface area contributed by atoms with Crippen molar-refractivity contribution in [1.29, 1.82) is 0 Å². The van der Waals surface area contributed by atoms with Crippen LogP contribution < -0.4 is 4.74 Å². The Balaban J connectivity index is 2.16. The van der Waals surface area contributed by atoms with Crippen molar-refractivity contribution in [3.63, 3.8) is 0 Å². The Morgan fingerprint density at radius 3 is 2.48 bits per heavy atom. The van der Waals surface area contributed by atoms with E-state index < -0.39 is 23.5 Å². The van der Waals surface area contributed by atoms with Gasteiger partial charge < -0.3 is 19.8 Å². The molecular formula is C20H18FNO5. The third-order valence-electron chi connectivity index (χ3n) is 4.41. The monoisotopic (exact) mass is 371 g/mol. The second-order valence-electron chi connectivity index (χ2n) is 6.00. The second-order valence-corrected chi connectivity index (χ2v) is 6.00. The van der Waals surface area contributed by atoms with Crippen LogP contribution in [0.5, 0.6) is 5.75 Å². The molecule has 2 aromatic carbocycles. The zero-order chi connectivity index (χ0) is 19.6. The van der Waals surface area contributed by atoms with Crippen LogP contribution in [0.15, 0.2) is 54.1 Å². The van der Waals surface area contributed by atoms with Crippen LogP contribution in [-0.4, -0.2) is 47.1 Å². The highest BCUT2D eigenvalue weighted by molar-refractivity contribution is 6.46. The molecule has 140 valence electrons. The summed E-state index contributed by atoms with van der Waals surface area (Å²) in [6.45, 7) is -0.493. The number of amides is 1. The SMILES string of the molecule is COc1ccc(/C(O)=C2/C(=O)C(=O)N(CCO)C2c2cccc(F)c2)cc1. The summed E-state index contributed by atoms with van der Waals surface area (Å²) in [5, 5.41) is 20.0. The molecule has 0 spiro atoms. The number of ether oxygens (including phenoxy) is 1. The van der Waals surface area contributed by atoms with Crippen molar-refractivity contribution in [3.05, 3.63) is 71.0 Å². The first-order chi connectivity index (χ1) is 13.0. The van der Waals surface area contributed by atoms with Crippen LogP contribution in [-0.2, 0) is 9.59 Å². The number of aliphatic hydroxyl groups is 2. The molecule has 6 nitrogen and oxygen atoms in total. The first kappa shape index (κ1) is 18.6. The predicted octanol–water partition coefficient (Wildman–Crippen LogP) is 2.25. The van der Waals surface area contributed by atoms with Gasteiger partial charge in [0.15, 0.2) is 0 Å². The third-order valence-corrected chi connectivity index (χ3v) is 4.41. The molecule has 1 aliphatic heterocycles. The molecule has 1 unspecified atom stereocenters. The van der Waals surface area contributed by atoms with Gasteiger partial charge in [-0.15, -0.1) is 0 Å². The molecule has 0 aromatic heterocycles. The average molecular weight is 371 g/mol. The number of halogens is 1. The summed E-state index contributed by atoms with van der Waals surface area (Å²) in [4.78, 5) is 26.1. The molecule has 1 heterocycles. The Morgan fingerprint density at radius 2 is 1.89 bits per heavy atom. The largest absolute Gasteiger partial charge is 0.507 e. The third kappa shape index (κ3) is 3.41. The van der Waals surface area contributed by atoms with Crippen molar-refractivity contribution in [3.8, 4) is 5.75 Å². The van der Waals surface area contributed by atoms with E-state index in [1.165, 1.54) is 25.3 Å². The lowest BCUT2D eigenvalue weighted by atomic mass is 9.95. The summed E-state index contributed by atoms with van der Waals surface area (Å²) >= 11 is 0. The van der Waals surface area contributed by atoms with E-state index in [0.717, 1.165) is 4.90 Å². The van der Waals surface area contributed by atoms with Crippen molar-refractivity contribution < 1.29 is 28.9 Å². The number of nitrogens with zero attached hydrogens (tertiary/aromatic N) is 1. The minimum Gasteiger partial charge on any atom is -0.507 e. The van der Waals surface area contributed by atoms with Crippen molar-refractivity contribution in [2.45, 2.75) is 6.04 Å². The number of carbonyl (C=O) groups is 2. The summed E-state index contributed by atoms with van der Waals surface area (Å²) in [7, 11) is 1.50. The summed E-state index contributed by atoms with van der Waals surface area (Å²) in [5.74, 6) is -2.08. The molecule has 3 rings (SSSR count). The highest BCUT2D eigenvalue weighted by atomic mass is 19.1. The fraction of sp³-hybridized carbons (Fsp3) is 0.200. The number of β-amino-alcohol motifs (C(OH)–C–C–N with tert-alkyl or cyclic N) is 1. The van der Waals surface area contributed by atoms with E-state index in [1.807, 2.05) is 0 Å². The summed E-state index contributed by atoms with van der Waals surface area (Å²) < 4.78 is 18.8. The molecular weight excluding hydrogens is 353 g/mol. The molecule has 2 aromatic rings. The van der Waals surface area contributed by atoms with E-state index in [0.29, 0.717) is 16.9 Å². The van der Waals surface area contributed by atoms with Crippen LogP contribution in [0, 0.1) is 5.82 Å². The van der Waals surface area contributed by atoms with Gasteiger partial charge in [-0.1, -0.05) is 12.1 Å². The molecule has 0 aliphatic carbocycles. The van der Waals surface area contributed by atoms with Gasteiger partial charge >= 0.3 is 0 Å². The molecule has 0 radical (unpaired) electrons. The minimum atomic E-state index is -0.991. The van der Waals surface area contributed by atoms with Gasteiger partial charge in [0, 0.05) is 12.1 Å². The lowest BCUT2D eigenvalue weighted by molar-refractivity contribution is -0.140. The van der Waals surface area contributed by atoms with E-state index in [9.17, 15) is 24.2 Å². The Kier molecular flexibility index (Phi) is 5.23. The van der Waals surface area contributed by atoms with E-state index in [2.05, 4.69) is 0 Å². The van der Waals surface area contributed by atoms with Crippen molar-refractivity contribution in [2.75, 3.05) is 20.3 Å². The Hall–Kier alpha value is -3.19. The second kappa shape index (κ2) is 7.59. The predicted molar refractivity (Wildman–Crippen MR) is 95.5 cm³/mol. The number of Topliss-reactive ketones (excluding diaryl/α,β-unsaturated/α-hetero) is 1. The lowest BCUT2D eigenvalue weighted by Gasteiger charge is -2.24. The zero-order valence-electron chi connectivity index (χ0n) is 14.6. The molecule has 1 fully saturated rings. The standard InChI is InChI=1S/C20H18FNO5/c1-27-15-7-5-12(6-8-15)18(24)16-17(13-3-2-4-14(21)11-13)22(9-10-23)20(26)19(16)25/h2-8,11,17,23-24H,9-10H2,1H3/b18-16-. The van der Waals surface area contributed by atoms with Gasteiger partial charge in [0.1, 0.15) is 17.3 Å². The maximum absolute atomic E-state index is 13.7. The lowest BCUT2D eigenvalue weighted by Crippen LogP contribution is -2.32. The summed E-state index contributed by atoms with van der Waals surface area (Å²) in [6.07, 6.45) is 0. The molecule has 2 N–H and O–H groups in total. The quantitative estimate of drug-likeness (QED) is 0.478. The molecule has 7 heteroatoms. The van der Waals surface area contributed by atoms with Crippen LogP contribution in [0.2, 0.25) is 0 Å². The van der Waals surface area contributed by atoms with E-state index in [-0.39, 0.29) is 24.5 Å². The normalized spacial score (nSPS) is 18.8. The average Bonchev–Trinajstić information content (AvgIpc) is 2.93. The Morgan fingerprint density at radius 1 is 1.19 bits per heavy atom. The van der Waals surface area contributed by atoms with Gasteiger partial charge in [-0.2, -0.15) is 0 Å². The number of aliphatic hydroxyl groups excluding tert-OH is 2. The van der Waals surface area contributed by atoms with Crippen molar-refractivity contribution >= 4 is 17.4 Å². The first-order valence-electron chi connectivity index (χ1n) is 8.27. The molecule has 1 saturated heterocycles. The molecule has 0 bridgehead atoms. The highest BCUT2D eigenvalue weighted by Gasteiger charge is 2.45. The summed E-state index contributed by atoms with van der Waals surface area (Å²) in [5.41, 5.74) is 0.501. The van der Waals surface area contributed by atoms with Crippen molar-refractivity contribution in [2.24, 2.45) is 0 Å². The molecule has 1 atom stereocenters. The Bertz CT molecular complexity index is 907. The van der Waals surface area contributed by atoms with Gasteiger partial charge in [0.05, 0.1) is 25.3 Å². The van der Waals surface area contributed by atoms with Gasteiger partial charge in [-0.3, -0.25) is 9.59 Å². The smallest absolute Gasteiger partial charge is 0.295 e. The number of likely N-dealkylation sites (tertiary alicyclic amines) is 1. The van der Waals surface area contributed by atoms with Gasteiger partial charge in [-0.25, -0.2) is 4.39 Å². The van der Waals surface area contributed by atoms with Gasteiger partial charge in [-0.05, 0) is 42.0 Å². The van der Waals surface area contributed by atoms with Crippen LogP contribution in [0.4, 0.5) is 4.39 Å². The van der Waals surface area contributed by atoms with Crippen LogP contribution in [0.1, 0.15) is 17.2 Å². The number of hydrogen-bond donors (Lipinski definition) is 2. The maximum Gasteiger partial charge on any atom is 0.295 e. The van der Waals surface area contributed by atoms with Crippen molar-refractivity contribution in [1.82, 2.24) is 4.90 Å². The van der Waals surface area contributed by atoms with Crippen LogP contribution in [0.3, 0.4) is 0 Å². The van der Waals surface area contributed by atoms with E-state index in [4.69, 9.17) is 4.74 Å². The first-order valence-corrected chi connectivity index (χ1v) is 8.27. The van der Waals surface area contributed by atoms with Crippen LogP contribution in [0.25, 0.3) is 5.76 Å². The number of hydrogen-bond acceptors (Lipinski definition) is 5. The zero-order valence-corrected chi connectivity index (χ0v) is 14.6. The number of rotatable bonds is 5. The molecule has 1 amide bonds. The van der Waals surface area contributed by atoms with E-state index in [1.54, 1.807) is 30.3 Å². The highest BCUT2D eigenvalue weighted by Crippen LogP contribution is 2.39. The molecule has 0 saturated carbocycles. The van der Waals surface area contributed by atoms with E-state index >= 15 is 0 Å². The maximum atomic E-state index is 13.7. The molecule has 1 aliphatic rings. The Labute approximate surface area is 155 Å². The number of carbonyl (C=O) groups excluding carboxylic acids is 2. The number of ketones is 1. The number of benzene rings is 2. The summed E-state index contributed by atoms with van der Waals surface area (Å²) in [6, 6.07) is 10.8. The van der Waals surface area contributed by atoms with Crippen LogP contribution >= 0.6 is 0 Å². The topological polar surface area (TPSA) is 87.1 Å². The van der Waals surface area contributed by atoms with Gasteiger partial charge in [0.2, 0.25) is 0 Å². The number of methoxy groups -OCH3 is 1. The molecule has 27 heavy (non-hydrogen) atoms.